The molecular weight excluding hydrogens is 464 g/mol. The van der Waals surface area contributed by atoms with Gasteiger partial charge in [-0.25, -0.2) is 0 Å². The van der Waals surface area contributed by atoms with Crippen LogP contribution in [0, 0.1) is 0 Å². The zero-order valence-corrected chi connectivity index (χ0v) is 21.1. The lowest BCUT2D eigenvalue weighted by Gasteiger charge is -2.29. The second-order valence-corrected chi connectivity index (χ2v) is 8.49. The number of likely N-dealkylation sites (tertiary alicyclic amines) is 1. The average molecular weight is 497 g/mol. The van der Waals surface area contributed by atoms with Crippen LogP contribution in [-0.2, 0) is 9.59 Å². The molecule has 0 spiro atoms. The highest BCUT2D eigenvalue weighted by atomic mass is 16.6. The van der Waals surface area contributed by atoms with Crippen LogP contribution >= 0.6 is 0 Å². The molecule has 0 saturated carbocycles. The molecule has 9 heteroatoms. The monoisotopic (exact) mass is 496 g/mol. The number of aliphatic hydroxyl groups is 1. The zero-order valence-electron chi connectivity index (χ0n) is 21.1. The molecule has 0 aliphatic carbocycles. The summed E-state index contributed by atoms with van der Waals surface area (Å²) in [6.07, 6.45) is 0. The number of methoxy groups -OCH3 is 2. The van der Waals surface area contributed by atoms with Crippen LogP contribution in [0.4, 0.5) is 0 Å². The van der Waals surface area contributed by atoms with E-state index in [1.54, 1.807) is 36.4 Å². The summed E-state index contributed by atoms with van der Waals surface area (Å²) in [7, 11) is 3.06. The molecule has 2 heterocycles. The maximum Gasteiger partial charge on any atom is 0.295 e. The standard InChI is InChI=1S/C27H32N2O7/c1-5-28(6-2)11-12-29-24(19-16-18(33-3)8-10-20(19)34-4)23(26(31)27(29)32)25(30)17-7-9-21-22(15-17)36-14-13-35-21/h7-10,15-16,24,30H,5-6,11-14H2,1-4H3. The van der Waals surface area contributed by atoms with Gasteiger partial charge >= 0.3 is 0 Å². The van der Waals surface area contributed by atoms with Gasteiger partial charge in [-0.05, 0) is 49.5 Å². The van der Waals surface area contributed by atoms with Crippen LogP contribution in [0.15, 0.2) is 42.0 Å². The summed E-state index contributed by atoms with van der Waals surface area (Å²) in [5, 5.41) is 11.4. The lowest BCUT2D eigenvalue weighted by molar-refractivity contribution is -0.140. The first-order chi connectivity index (χ1) is 17.4. The van der Waals surface area contributed by atoms with E-state index in [0.29, 0.717) is 60.4 Å². The first kappa shape index (κ1) is 25.4. The smallest absolute Gasteiger partial charge is 0.295 e. The lowest BCUT2D eigenvalue weighted by Crippen LogP contribution is -2.38. The second kappa shape index (κ2) is 10.9. The molecule has 36 heavy (non-hydrogen) atoms. The Morgan fingerprint density at radius 3 is 2.42 bits per heavy atom. The van der Waals surface area contributed by atoms with Gasteiger partial charge in [0, 0.05) is 24.2 Å². The first-order valence-corrected chi connectivity index (χ1v) is 12.1. The van der Waals surface area contributed by atoms with E-state index in [0.717, 1.165) is 13.1 Å². The highest BCUT2D eigenvalue weighted by molar-refractivity contribution is 6.46. The van der Waals surface area contributed by atoms with Gasteiger partial charge in [0.1, 0.15) is 30.5 Å². The third-order valence-electron chi connectivity index (χ3n) is 6.64. The van der Waals surface area contributed by atoms with E-state index in [1.807, 2.05) is 13.8 Å². The van der Waals surface area contributed by atoms with Gasteiger partial charge in [-0.1, -0.05) is 13.8 Å². The Morgan fingerprint density at radius 2 is 1.75 bits per heavy atom. The molecule has 0 radical (unpaired) electrons. The van der Waals surface area contributed by atoms with Crippen molar-refractivity contribution in [3.8, 4) is 23.0 Å². The number of Topliss-reactive ketones (excluding diaryl/α,β-unsaturated/α-hetero) is 1. The van der Waals surface area contributed by atoms with Crippen molar-refractivity contribution in [3.63, 3.8) is 0 Å². The number of amides is 1. The topological polar surface area (TPSA) is 97.8 Å². The van der Waals surface area contributed by atoms with Crippen molar-refractivity contribution in [2.75, 3.05) is 53.6 Å². The highest BCUT2D eigenvalue weighted by Gasteiger charge is 2.47. The predicted octanol–water partition coefficient (Wildman–Crippen LogP) is 3.24. The van der Waals surface area contributed by atoms with Crippen LogP contribution in [-0.4, -0.2) is 80.2 Å². The molecule has 1 saturated heterocycles. The van der Waals surface area contributed by atoms with Gasteiger partial charge in [-0.2, -0.15) is 0 Å². The molecule has 1 N–H and O–H groups in total. The van der Waals surface area contributed by atoms with Crippen molar-refractivity contribution in [1.82, 2.24) is 9.80 Å². The molecule has 4 rings (SSSR count). The van der Waals surface area contributed by atoms with Crippen LogP contribution in [0.2, 0.25) is 0 Å². The number of nitrogens with zero attached hydrogens (tertiary/aromatic N) is 2. The van der Waals surface area contributed by atoms with Crippen molar-refractivity contribution < 1.29 is 33.6 Å². The number of ether oxygens (including phenoxy) is 4. The summed E-state index contributed by atoms with van der Waals surface area (Å²) in [6, 6.07) is 9.28. The summed E-state index contributed by atoms with van der Waals surface area (Å²) in [4.78, 5) is 30.4. The number of likely N-dealkylation sites (N-methyl/N-ethyl adjacent to an activating group) is 1. The summed E-state index contributed by atoms with van der Waals surface area (Å²) >= 11 is 0. The molecule has 1 atom stereocenters. The molecule has 1 fully saturated rings. The maximum atomic E-state index is 13.4. The van der Waals surface area contributed by atoms with Crippen LogP contribution in [0.25, 0.3) is 5.76 Å². The van der Waals surface area contributed by atoms with Crippen molar-refractivity contribution in [2.24, 2.45) is 0 Å². The SMILES string of the molecule is CCN(CC)CCN1C(=O)C(=O)C(=C(O)c2ccc3c(c2)OCCO3)C1c1cc(OC)ccc1OC. The number of rotatable bonds is 9. The third-order valence-corrected chi connectivity index (χ3v) is 6.64. The number of hydrogen-bond acceptors (Lipinski definition) is 8. The summed E-state index contributed by atoms with van der Waals surface area (Å²) in [6.45, 7) is 7.40. The Morgan fingerprint density at radius 1 is 1.03 bits per heavy atom. The normalized spacial score (nSPS) is 18.6. The van der Waals surface area contributed by atoms with E-state index in [-0.39, 0.29) is 11.3 Å². The molecule has 0 bridgehead atoms. The Labute approximate surface area is 210 Å². The fourth-order valence-electron chi connectivity index (χ4n) is 4.62. The maximum absolute atomic E-state index is 13.4. The number of aliphatic hydroxyl groups excluding tert-OH is 1. The van der Waals surface area contributed by atoms with Crippen molar-refractivity contribution >= 4 is 17.4 Å². The Bertz CT molecular complexity index is 1170. The quantitative estimate of drug-likeness (QED) is 0.321. The number of carbonyl (C=O) groups is 2. The predicted molar refractivity (Wildman–Crippen MR) is 134 cm³/mol. The molecule has 1 amide bonds. The first-order valence-electron chi connectivity index (χ1n) is 12.1. The Balaban J connectivity index is 1.86. The molecule has 2 aromatic rings. The summed E-state index contributed by atoms with van der Waals surface area (Å²) < 4.78 is 22.2. The van der Waals surface area contributed by atoms with Crippen LogP contribution in [0.1, 0.15) is 31.0 Å². The van der Waals surface area contributed by atoms with Gasteiger partial charge < -0.3 is 33.9 Å². The van der Waals surface area contributed by atoms with Crippen LogP contribution < -0.4 is 18.9 Å². The van der Waals surface area contributed by atoms with Gasteiger partial charge in [0.25, 0.3) is 11.7 Å². The summed E-state index contributed by atoms with van der Waals surface area (Å²) in [5.74, 6) is 0.335. The molecular formula is C27H32N2O7. The number of ketones is 1. The van der Waals surface area contributed by atoms with Gasteiger partial charge in [0.05, 0.1) is 25.8 Å². The zero-order chi connectivity index (χ0) is 25.8. The average Bonchev–Trinajstić information content (AvgIpc) is 3.17. The number of benzene rings is 2. The lowest BCUT2D eigenvalue weighted by atomic mass is 9.94. The Kier molecular flexibility index (Phi) is 7.69. The van der Waals surface area contributed by atoms with Crippen molar-refractivity contribution in [2.45, 2.75) is 19.9 Å². The highest BCUT2D eigenvalue weighted by Crippen LogP contribution is 2.44. The minimum absolute atomic E-state index is 0.0113. The molecule has 2 aliphatic heterocycles. The second-order valence-electron chi connectivity index (χ2n) is 8.49. The molecule has 9 nitrogen and oxygen atoms in total. The van der Waals surface area contributed by atoms with E-state index in [2.05, 4.69) is 4.90 Å². The fourth-order valence-corrected chi connectivity index (χ4v) is 4.62. The van der Waals surface area contributed by atoms with Gasteiger partial charge in [0.15, 0.2) is 11.5 Å². The van der Waals surface area contributed by atoms with Crippen LogP contribution in [0.5, 0.6) is 23.0 Å². The number of hydrogen-bond donors (Lipinski definition) is 1. The van der Waals surface area contributed by atoms with Crippen molar-refractivity contribution in [1.29, 1.82) is 0 Å². The van der Waals surface area contributed by atoms with Crippen molar-refractivity contribution in [3.05, 3.63) is 53.1 Å². The van der Waals surface area contributed by atoms with E-state index in [9.17, 15) is 14.7 Å². The van der Waals surface area contributed by atoms with E-state index >= 15 is 0 Å². The van der Waals surface area contributed by atoms with Gasteiger partial charge in [-0.15, -0.1) is 0 Å². The molecule has 192 valence electrons. The molecule has 2 aromatic carbocycles. The molecule has 1 unspecified atom stereocenters. The van der Waals surface area contributed by atoms with E-state index in [1.165, 1.54) is 19.1 Å². The minimum atomic E-state index is -0.862. The number of carbonyl (C=O) groups excluding carboxylic acids is 2. The summed E-state index contributed by atoms with van der Waals surface area (Å²) in [5.41, 5.74) is 0.894. The van der Waals surface area contributed by atoms with E-state index < -0.39 is 17.7 Å². The fraction of sp³-hybridized carbons (Fsp3) is 0.407. The Hall–Kier alpha value is -3.72. The largest absolute Gasteiger partial charge is 0.507 e. The van der Waals surface area contributed by atoms with Gasteiger partial charge in [-0.3, -0.25) is 9.59 Å². The van der Waals surface area contributed by atoms with Gasteiger partial charge in [0.2, 0.25) is 0 Å². The molecule has 0 aromatic heterocycles. The number of fused-ring (bicyclic) bond motifs is 1. The third kappa shape index (κ3) is 4.70. The minimum Gasteiger partial charge on any atom is -0.507 e. The molecule has 2 aliphatic rings. The van der Waals surface area contributed by atoms with E-state index in [4.69, 9.17) is 18.9 Å². The van der Waals surface area contributed by atoms with Crippen LogP contribution in [0.3, 0.4) is 0 Å².